The largest absolute Gasteiger partial charge is 0.375 e. The van der Waals surface area contributed by atoms with Gasteiger partial charge in [-0.2, -0.15) is 0 Å². The molecule has 68 heavy (non-hydrogen) atoms. The van der Waals surface area contributed by atoms with Crippen LogP contribution in [0.5, 0.6) is 0 Å². The second-order valence-electron chi connectivity index (χ2n) is 19.3. The first kappa shape index (κ1) is 46.8. The average Bonchev–Trinajstić information content (AvgIpc) is 3.65. The van der Waals surface area contributed by atoms with Crippen LogP contribution in [0.4, 0.5) is 36.6 Å². The Kier molecular flexibility index (Phi) is 13.6. The quantitative estimate of drug-likeness (QED) is 0.0809. The monoisotopic (exact) mass is 949 g/mol. The molecule has 5 aliphatic rings. The second kappa shape index (κ2) is 19.7. The summed E-state index contributed by atoms with van der Waals surface area (Å²) in [6, 6.07) is 16.9. The highest BCUT2D eigenvalue weighted by Gasteiger charge is 2.43. The molecule has 1 aromatic heterocycles. The van der Waals surface area contributed by atoms with Crippen molar-refractivity contribution in [3.63, 3.8) is 0 Å². The van der Waals surface area contributed by atoms with Gasteiger partial charge in [0.05, 0.1) is 23.6 Å². The summed E-state index contributed by atoms with van der Waals surface area (Å²) in [4.78, 5) is 79.7. The molecule has 5 aliphatic heterocycles. The minimum Gasteiger partial charge on any atom is -0.375 e. The first-order chi connectivity index (χ1) is 32.7. The molecule has 19 heteroatoms. The SMILES string of the molecule is CC1(C)CCN(Cc2cc(F)c(N3CC(=O)NC4(CCN(c5cc(NCc6cccc(CNC(=O)SCNc7cccc8c7CN(C7CCC(=O)NC7=O)C8=O)c6)ncn5)CC4)C3)cc2F)CC1. The highest BCUT2D eigenvalue weighted by atomic mass is 32.2. The summed E-state index contributed by atoms with van der Waals surface area (Å²) < 4.78 is 31.2. The van der Waals surface area contributed by atoms with Crippen LogP contribution in [0, 0.1) is 17.0 Å². The number of carbonyl (C=O) groups is 5. The van der Waals surface area contributed by atoms with Gasteiger partial charge < -0.3 is 36.0 Å². The minimum atomic E-state index is -0.706. The first-order valence-corrected chi connectivity index (χ1v) is 24.2. The van der Waals surface area contributed by atoms with E-state index in [1.807, 2.05) is 36.4 Å². The van der Waals surface area contributed by atoms with Crippen molar-refractivity contribution in [3.8, 4) is 0 Å². The lowest BCUT2D eigenvalue weighted by molar-refractivity contribution is -0.137. The zero-order valence-corrected chi connectivity index (χ0v) is 39.2. The molecule has 4 aromatic rings. The molecule has 6 heterocycles. The van der Waals surface area contributed by atoms with Gasteiger partial charge in [0.1, 0.15) is 35.6 Å². The van der Waals surface area contributed by atoms with E-state index in [2.05, 4.69) is 60.2 Å². The number of nitrogens with one attached hydrogen (secondary N) is 5. The van der Waals surface area contributed by atoms with Crippen LogP contribution in [0.1, 0.15) is 85.0 Å². The lowest BCUT2D eigenvalue weighted by atomic mass is 9.82. The van der Waals surface area contributed by atoms with Crippen molar-refractivity contribution in [3.05, 3.63) is 106 Å². The minimum absolute atomic E-state index is 0.0436. The number of amides is 5. The Morgan fingerprint density at radius 2 is 1.60 bits per heavy atom. The Hall–Kier alpha value is -6.34. The van der Waals surface area contributed by atoms with Gasteiger partial charge in [-0.1, -0.05) is 44.2 Å². The number of aromatic nitrogens is 2. The first-order valence-electron chi connectivity index (χ1n) is 23.3. The Bertz CT molecular complexity index is 2600. The van der Waals surface area contributed by atoms with E-state index in [0.29, 0.717) is 74.7 Å². The molecule has 5 amide bonds. The molecular weight excluding hydrogens is 893 g/mol. The van der Waals surface area contributed by atoms with Crippen molar-refractivity contribution >= 4 is 63.6 Å². The van der Waals surface area contributed by atoms with E-state index >= 15 is 8.78 Å². The van der Waals surface area contributed by atoms with Gasteiger partial charge in [-0.15, -0.1) is 0 Å². The number of benzene rings is 3. The number of piperidine rings is 3. The Morgan fingerprint density at radius 1 is 0.838 bits per heavy atom. The lowest BCUT2D eigenvalue weighted by Gasteiger charge is -2.48. The Morgan fingerprint density at radius 3 is 2.38 bits per heavy atom. The predicted octanol–water partition coefficient (Wildman–Crippen LogP) is 5.74. The van der Waals surface area contributed by atoms with E-state index in [9.17, 15) is 24.0 Å². The number of likely N-dealkylation sites (tertiary alicyclic amines) is 1. The standard InChI is InChI=1S/C49H57F2N11O5S/c1-48(2)11-15-59(16-12-48)25-33-20-37(51)40(21-36(33)50)61-27-44(64)58-49(28-61)13-17-60(18-14-49)42-22-41(54-29-55-42)52-23-31-5-3-6-32(19-31)24-53-47(67)68-30-56-38-8-4-7-34-35(38)26-62(46(34)66)39-9-10-43(63)57-45(39)65/h3-8,19-22,29,39,56H,9-18,23-28,30H2,1-2H3,(H,53,67)(H,58,64)(H,52,54,55)(H,57,63,65). The molecule has 358 valence electrons. The third-order valence-electron chi connectivity index (χ3n) is 13.9. The molecule has 4 saturated heterocycles. The number of carbonyl (C=O) groups excluding carboxylic acids is 5. The highest BCUT2D eigenvalue weighted by molar-refractivity contribution is 8.13. The van der Waals surface area contributed by atoms with Crippen molar-refractivity contribution in [2.45, 2.75) is 90.1 Å². The van der Waals surface area contributed by atoms with Crippen LogP contribution in [0.3, 0.4) is 0 Å². The Balaban J connectivity index is 0.728. The van der Waals surface area contributed by atoms with Crippen LogP contribution in [-0.2, 0) is 40.6 Å². The summed E-state index contributed by atoms with van der Waals surface area (Å²) in [5.41, 5.74) is 3.96. The number of anilines is 4. The normalized spacial score (nSPS) is 20.2. The van der Waals surface area contributed by atoms with Gasteiger partial charge in [0.15, 0.2) is 0 Å². The molecule has 0 aliphatic carbocycles. The summed E-state index contributed by atoms with van der Waals surface area (Å²) >= 11 is 1.06. The fourth-order valence-electron chi connectivity index (χ4n) is 9.90. The maximum atomic E-state index is 15.7. The van der Waals surface area contributed by atoms with E-state index in [4.69, 9.17) is 0 Å². The molecule has 1 spiro atoms. The predicted molar refractivity (Wildman–Crippen MR) is 256 cm³/mol. The molecule has 1 atom stereocenters. The van der Waals surface area contributed by atoms with E-state index in [0.717, 1.165) is 60.2 Å². The van der Waals surface area contributed by atoms with Gasteiger partial charge in [0.25, 0.3) is 11.1 Å². The smallest absolute Gasteiger partial charge is 0.281 e. The zero-order chi connectivity index (χ0) is 47.6. The van der Waals surface area contributed by atoms with E-state index in [1.54, 1.807) is 17.0 Å². The van der Waals surface area contributed by atoms with Crippen molar-refractivity contribution < 1.29 is 32.8 Å². The van der Waals surface area contributed by atoms with Gasteiger partial charge in [-0.3, -0.25) is 34.2 Å². The fourth-order valence-corrected chi connectivity index (χ4v) is 10.4. The summed E-state index contributed by atoms with van der Waals surface area (Å²) in [5, 5.41) is 14.9. The van der Waals surface area contributed by atoms with E-state index in [1.165, 1.54) is 23.4 Å². The lowest BCUT2D eigenvalue weighted by Crippen LogP contribution is -2.66. The maximum Gasteiger partial charge on any atom is 0.281 e. The summed E-state index contributed by atoms with van der Waals surface area (Å²) in [5.74, 6) is -0.620. The van der Waals surface area contributed by atoms with Crippen LogP contribution >= 0.6 is 11.8 Å². The molecular formula is C49H57F2N11O5S. The van der Waals surface area contributed by atoms with Crippen LogP contribution in [0.25, 0.3) is 0 Å². The number of imide groups is 1. The highest BCUT2D eigenvalue weighted by Crippen LogP contribution is 2.36. The molecule has 3 aromatic carbocycles. The summed E-state index contributed by atoms with van der Waals surface area (Å²) in [6.07, 6.45) is 5.19. The van der Waals surface area contributed by atoms with Crippen molar-refractivity contribution in [2.24, 2.45) is 5.41 Å². The molecule has 0 bridgehead atoms. The maximum absolute atomic E-state index is 15.7. The fraction of sp³-hybridized carbons (Fsp3) is 0.449. The number of rotatable bonds is 13. The molecule has 4 fully saturated rings. The molecule has 16 nitrogen and oxygen atoms in total. The number of piperazine rings is 1. The second-order valence-corrected chi connectivity index (χ2v) is 20.2. The molecule has 0 saturated carbocycles. The average molecular weight is 950 g/mol. The summed E-state index contributed by atoms with van der Waals surface area (Å²) in [7, 11) is 0. The zero-order valence-electron chi connectivity index (χ0n) is 38.3. The van der Waals surface area contributed by atoms with Gasteiger partial charge in [0.2, 0.25) is 17.7 Å². The van der Waals surface area contributed by atoms with Crippen LogP contribution in [0.2, 0.25) is 0 Å². The number of nitrogens with zero attached hydrogens (tertiary/aromatic N) is 6. The number of thioether (sulfide) groups is 1. The van der Waals surface area contributed by atoms with Gasteiger partial charge in [0, 0.05) is 86.7 Å². The summed E-state index contributed by atoms with van der Waals surface area (Å²) in [6.45, 7) is 9.07. The van der Waals surface area contributed by atoms with Crippen LogP contribution < -0.4 is 36.4 Å². The molecule has 0 radical (unpaired) electrons. The van der Waals surface area contributed by atoms with E-state index in [-0.39, 0.29) is 65.9 Å². The van der Waals surface area contributed by atoms with Crippen molar-refractivity contribution in [2.75, 3.05) is 65.6 Å². The number of halogens is 2. The third kappa shape index (κ3) is 10.7. The number of hydrogen-bond donors (Lipinski definition) is 5. The molecule has 9 rings (SSSR count). The van der Waals surface area contributed by atoms with Crippen molar-refractivity contribution in [1.29, 1.82) is 0 Å². The third-order valence-corrected chi connectivity index (χ3v) is 14.6. The topological polar surface area (TPSA) is 184 Å². The van der Waals surface area contributed by atoms with E-state index < -0.39 is 29.1 Å². The molecule has 1 unspecified atom stereocenters. The van der Waals surface area contributed by atoms with Gasteiger partial charge in [-0.05, 0) is 91.7 Å². The number of hydrogen-bond acceptors (Lipinski definition) is 13. The van der Waals surface area contributed by atoms with Gasteiger partial charge >= 0.3 is 0 Å². The Labute approximate surface area is 398 Å². The molecule has 5 N–H and O–H groups in total. The van der Waals surface area contributed by atoms with Crippen LogP contribution in [0.15, 0.2) is 67.0 Å². The van der Waals surface area contributed by atoms with Crippen LogP contribution in [-0.4, -0.2) is 105 Å². The van der Waals surface area contributed by atoms with Gasteiger partial charge in [-0.25, -0.2) is 18.7 Å². The van der Waals surface area contributed by atoms with Crippen molar-refractivity contribution in [1.82, 2.24) is 35.7 Å². The number of fused-ring (bicyclic) bond motifs is 1.